The number of hydrogen-bond donors (Lipinski definition) is 1. The lowest BCUT2D eigenvalue weighted by atomic mass is 10.2. The Bertz CT molecular complexity index is 317. The van der Waals surface area contributed by atoms with E-state index in [2.05, 4.69) is 49.3 Å². The van der Waals surface area contributed by atoms with E-state index in [1.165, 1.54) is 30.0 Å². The summed E-state index contributed by atoms with van der Waals surface area (Å²) < 4.78 is 2.26. The van der Waals surface area contributed by atoms with Gasteiger partial charge in [0.15, 0.2) is 0 Å². The van der Waals surface area contributed by atoms with Gasteiger partial charge in [-0.25, -0.2) is 0 Å². The van der Waals surface area contributed by atoms with Crippen LogP contribution in [-0.4, -0.2) is 17.5 Å². The first-order valence-electron chi connectivity index (χ1n) is 5.05. The Labute approximate surface area is 112 Å². The Balaban J connectivity index is 2.09. The van der Waals surface area contributed by atoms with Crippen LogP contribution in [0.3, 0.4) is 0 Å². The highest BCUT2D eigenvalue weighted by Crippen LogP contribution is 2.32. The molecule has 0 saturated carbocycles. The van der Waals surface area contributed by atoms with Gasteiger partial charge in [0, 0.05) is 20.7 Å². The van der Waals surface area contributed by atoms with Gasteiger partial charge in [-0.2, -0.15) is 11.8 Å². The number of thioether (sulfide) groups is 1. The number of rotatable bonds is 2. The lowest BCUT2D eigenvalue weighted by Gasteiger charge is -2.24. The molecule has 1 aromatic carbocycles. The normalized spacial score (nSPS) is 21.3. The Hall–Kier alpha value is 0.330. The maximum absolute atomic E-state index is 3.60. The van der Waals surface area contributed by atoms with E-state index in [-0.39, 0.29) is 0 Å². The Kier molecular flexibility index (Phi) is 4.40. The minimum absolute atomic E-state index is 0.610. The van der Waals surface area contributed by atoms with Crippen molar-refractivity contribution in [2.45, 2.75) is 18.9 Å². The molecule has 1 saturated heterocycles. The van der Waals surface area contributed by atoms with Crippen LogP contribution >= 0.6 is 43.6 Å². The van der Waals surface area contributed by atoms with E-state index < -0.39 is 0 Å². The molecule has 1 atom stereocenters. The smallest absolute Gasteiger partial charge is 0.0631 e. The summed E-state index contributed by atoms with van der Waals surface area (Å²) in [5.41, 5.74) is 1.19. The van der Waals surface area contributed by atoms with Gasteiger partial charge in [0.2, 0.25) is 0 Å². The van der Waals surface area contributed by atoms with E-state index in [0.717, 1.165) is 8.95 Å². The molecule has 0 bridgehead atoms. The molecule has 4 heteroatoms. The van der Waals surface area contributed by atoms with E-state index >= 15 is 0 Å². The Morgan fingerprint density at radius 2 is 2.00 bits per heavy atom. The third-order valence-corrected chi connectivity index (χ3v) is 5.01. The third kappa shape index (κ3) is 3.14. The first kappa shape index (κ1) is 11.8. The highest BCUT2D eigenvalue weighted by Gasteiger charge is 2.15. The van der Waals surface area contributed by atoms with E-state index in [4.69, 9.17) is 0 Å². The summed E-state index contributed by atoms with van der Waals surface area (Å²) in [7, 11) is 0. The van der Waals surface area contributed by atoms with Crippen molar-refractivity contribution in [2.75, 3.05) is 16.8 Å². The van der Waals surface area contributed by atoms with Crippen molar-refractivity contribution in [2.24, 2.45) is 0 Å². The van der Waals surface area contributed by atoms with Crippen molar-refractivity contribution in [1.29, 1.82) is 0 Å². The van der Waals surface area contributed by atoms with Crippen molar-refractivity contribution in [1.82, 2.24) is 0 Å². The molecule has 2 rings (SSSR count). The second-order valence-corrected chi connectivity index (χ2v) is 6.51. The second-order valence-electron chi connectivity index (χ2n) is 3.66. The van der Waals surface area contributed by atoms with Gasteiger partial charge in [-0.1, -0.05) is 6.07 Å². The summed E-state index contributed by atoms with van der Waals surface area (Å²) in [5, 5.41) is 3.60. The number of hydrogen-bond acceptors (Lipinski definition) is 2. The number of anilines is 1. The van der Waals surface area contributed by atoms with Crippen LogP contribution in [-0.2, 0) is 0 Å². The average Bonchev–Trinajstić information content (AvgIpc) is 2.25. The zero-order valence-electron chi connectivity index (χ0n) is 8.30. The van der Waals surface area contributed by atoms with Crippen LogP contribution in [0, 0.1) is 0 Å². The molecular formula is C11H13Br2NS. The number of halogens is 2. The molecule has 0 amide bonds. The maximum Gasteiger partial charge on any atom is 0.0631 e. The van der Waals surface area contributed by atoms with Gasteiger partial charge in [-0.15, -0.1) is 0 Å². The lowest BCUT2D eigenvalue weighted by Crippen LogP contribution is -2.26. The standard InChI is InChI=1S/C11H13Br2NS/c12-9-4-1-5-10(13)11(9)14-8-3-2-6-15-7-8/h1,4-5,8,14H,2-3,6-7H2. The first-order valence-corrected chi connectivity index (χ1v) is 7.80. The zero-order valence-corrected chi connectivity index (χ0v) is 12.3. The highest BCUT2D eigenvalue weighted by atomic mass is 79.9. The third-order valence-electron chi connectivity index (χ3n) is 2.47. The first-order chi connectivity index (χ1) is 7.27. The molecule has 15 heavy (non-hydrogen) atoms. The number of nitrogens with one attached hydrogen (secondary N) is 1. The Morgan fingerprint density at radius 3 is 2.60 bits per heavy atom. The summed E-state index contributed by atoms with van der Waals surface area (Å²) in [6.07, 6.45) is 2.60. The maximum atomic E-state index is 3.60. The fraction of sp³-hybridized carbons (Fsp3) is 0.455. The highest BCUT2D eigenvalue weighted by molar-refractivity contribution is 9.11. The predicted octanol–water partition coefficient (Wildman–Crippen LogP) is 4.52. The topological polar surface area (TPSA) is 12.0 Å². The van der Waals surface area contributed by atoms with Crippen LogP contribution in [0.2, 0.25) is 0 Å². The van der Waals surface area contributed by atoms with Crippen LogP contribution in [0.25, 0.3) is 0 Å². The summed E-state index contributed by atoms with van der Waals surface area (Å²) in [4.78, 5) is 0. The summed E-state index contributed by atoms with van der Waals surface area (Å²) in [6, 6.07) is 6.79. The molecule has 1 unspecified atom stereocenters. The summed E-state index contributed by atoms with van der Waals surface area (Å²) in [5.74, 6) is 2.53. The molecule has 82 valence electrons. The molecule has 1 aliphatic heterocycles. The minimum Gasteiger partial charge on any atom is -0.380 e. The molecule has 0 spiro atoms. The molecule has 1 fully saturated rings. The van der Waals surface area contributed by atoms with E-state index in [0.29, 0.717) is 6.04 Å². The molecule has 0 radical (unpaired) electrons. The monoisotopic (exact) mass is 349 g/mol. The summed E-state index contributed by atoms with van der Waals surface area (Å²) >= 11 is 9.19. The van der Waals surface area contributed by atoms with Crippen molar-refractivity contribution in [3.05, 3.63) is 27.1 Å². The quantitative estimate of drug-likeness (QED) is 0.841. The van der Waals surface area contributed by atoms with Crippen LogP contribution in [0.5, 0.6) is 0 Å². The van der Waals surface area contributed by atoms with Crippen LogP contribution in [0.15, 0.2) is 27.1 Å². The largest absolute Gasteiger partial charge is 0.380 e. The molecule has 1 aliphatic rings. The van der Waals surface area contributed by atoms with Crippen LogP contribution < -0.4 is 5.32 Å². The molecule has 1 heterocycles. The van der Waals surface area contributed by atoms with Crippen molar-refractivity contribution >= 4 is 49.3 Å². The van der Waals surface area contributed by atoms with Gasteiger partial charge >= 0.3 is 0 Å². The SMILES string of the molecule is Brc1cccc(Br)c1NC1CCCSC1. The van der Waals surface area contributed by atoms with Crippen LogP contribution in [0.1, 0.15) is 12.8 Å². The van der Waals surface area contributed by atoms with E-state index in [9.17, 15) is 0 Å². The van der Waals surface area contributed by atoms with Crippen molar-refractivity contribution in [3.63, 3.8) is 0 Å². The second kappa shape index (κ2) is 5.60. The van der Waals surface area contributed by atoms with Gasteiger partial charge in [-0.05, 0) is 62.6 Å². The fourth-order valence-electron chi connectivity index (χ4n) is 1.69. The van der Waals surface area contributed by atoms with Gasteiger partial charge in [0.1, 0.15) is 0 Å². The molecule has 1 nitrogen and oxygen atoms in total. The van der Waals surface area contributed by atoms with E-state index in [1.807, 2.05) is 17.8 Å². The molecule has 1 N–H and O–H groups in total. The number of para-hydroxylation sites is 1. The summed E-state index contributed by atoms with van der Waals surface area (Å²) in [6.45, 7) is 0. The zero-order chi connectivity index (χ0) is 10.7. The molecular weight excluding hydrogens is 338 g/mol. The Morgan fingerprint density at radius 1 is 1.27 bits per heavy atom. The molecule has 0 aliphatic carbocycles. The number of benzene rings is 1. The fourth-order valence-corrected chi connectivity index (χ4v) is 3.99. The predicted molar refractivity (Wildman–Crippen MR) is 75.8 cm³/mol. The van der Waals surface area contributed by atoms with E-state index in [1.54, 1.807) is 0 Å². The van der Waals surface area contributed by atoms with Gasteiger partial charge in [0.25, 0.3) is 0 Å². The van der Waals surface area contributed by atoms with Gasteiger partial charge < -0.3 is 5.32 Å². The minimum atomic E-state index is 0.610. The van der Waals surface area contributed by atoms with Gasteiger partial charge in [0.05, 0.1) is 5.69 Å². The average molecular weight is 351 g/mol. The van der Waals surface area contributed by atoms with Crippen molar-refractivity contribution < 1.29 is 0 Å². The van der Waals surface area contributed by atoms with Crippen molar-refractivity contribution in [3.8, 4) is 0 Å². The molecule has 1 aromatic rings. The molecule has 0 aromatic heterocycles. The van der Waals surface area contributed by atoms with Crippen LogP contribution in [0.4, 0.5) is 5.69 Å². The lowest BCUT2D eigenvalue weighted by molar-refractivity contribution is 0.684. The van der Waals surface area contributed by atoms with Gasteiger partial charge in [-0.3, -0.25) is 0 Å².